The second-order valence-electron chi connectivity index (χ2n) is 2.98. The van der Waals surface area contributed by atoms with E-state index in [9.17, 15) is 26.3 Å². The van der Waals surface area contributed by atoms with Crippen molar-refractivity contribution in [3.8, 4) is 11.8 Å². The van der Waals surface area contributed by atoms with Crippen LogP contribution in [0.15, 0.2) is 6.20 Å². The largest absolute Gasteiger partial charge is 0.573 e. The normalized spacial score (nSPS) is 11.4. The van der Waals surface area contributed by atoms with Gasteiger partial charge in [-0.15, -0.1) is 13.2 Å². The van der Waals surface area contributed by atoms with Gasteiger partial charge in [0.1, 0.15) is 5.69 Å². The molecule has 18 heavy (non-hydrogen) atoms. The maximum Gasteiger partial charge on any atom is 0.573 e. The number of ether oxygens (including phenoxy) is 1. The Balaban J connectivity index is 3.26. The van der Waals surface area contributed by atoms with Crippen LogP contribution in [0.1, 0.15) is 17.7 Å². The molecule has 0 radical (unpaired) electrons. The Morgan fingerprint density at radius 3 is 2.44 bits per heavy atom. The summed E-state index contributed by atoms with van der Waals surface area (Å²) in [6.45, 7) is 0. The third-order valence-corrected chi connectivity index (χ3v) is 1.80. The first-order valence-corrected chi connectivity index (χ1v) is 4.34. The molecule has 0 bridgehead atoms. The first kappa shape index (κ1) is 14.1. The summed E-state index contributed by atoms with van der Waals surface area (Å²) in [5.41, 5.74) is -1.99. The lowest BCUT2D eigenvalue weighted by Gasteiger charge is -2.12. The predicted octanol–water partition coefficient (Wildman–Crippen LogP) is 3.12. The van der Waals surface area contributed by atoms with Crippen LogP contribution < -0.4 is 4.74 Å². The lowest BCUT2D eigenvalue weighted by Crippen LogP contribution is -2.19. The number of halogens is 6. The van der Waals surface area contributed by atoms with Gasteiger partial charge in [-0.1, -0.05) is 0 Å². The molecular weight excluding hydrogens is 266 g/mol. The molecule has 0 unspecified atom stereocenters. The van der Waals surface area contributed by atoms with Gasteiger partial charge in [0.25, 0.3) is 6.43 Å². The Bertz CT molecular complexity index is 479. The lowest BCUT2D eigenvalue weighted by molar-refractivity contribution is -0.275. The molecular formula is C9H4F6N2O. The van der Waals surface area contributed by atoms with E-state index in [0.29, 0.717) is 0 Å². The van der Waals surface area contributed by atoms with Gasteiger partial charge in [-0.2, -0.15) is 5.26 Å². The highest BCUT2D eigenvalue weighted by molar-refractivity contribution is 5.34. The molecule has 0 aliphatic carbocycles. The second kappa shape index (κ2) is 5.12. The topological polar surface area (TPSA) is 45.9 Å². The van der Waals surface area contributed by atoms with E-state index in [-0.39, 0.29) is 6.20 Å². The first-order valence-electron chi connectivity index (χ1n) is 4.34. The van der Waals surface area contributed by atoms with Crippen LogP contribution in [0.5, 0.6) is 5.75 Å². The quantitative estimate of drug-likeness (QED) is 0.793. The van der Waals surface area contributed by atoms with E-state index in [1.807, 2.05) is 0 Å². The molecule has 0 aromatic carbocycles. The fourth-order valence-electron chi connectivity index (χ4n) is 1.16. The van der Waals surface area contributed by atoms with Gasteiger partial charge in [0.2, 0.25) is 0 Å². The number of hydrogen-bond donors (Lipinski definition) is 0. The molecule has 1 aromatic rings. The Hall–Kier alpha value is -1.98. The van der Waals surface area contributed by atoms with Crippen LogP contribution in [0.3, 0.4) is 0 Å². The number of hydrogen-bond acceptors (Lipinski definition) is 3. The van der Waals surface area contributed by atoms with Gasteiger partial charge in [0.05, 0.1) is 18.7 Å². The van der Waals surface area contributed by atoms with Crippen LogP contribution in [0.4, 0.5) is 26.3 Å². The van der Waals surface area contributed by atoms with Crippen molar-refractivity contribution < 1.29 is 31.1 Å². The molecule has 0 spiro atoms. The zero-order valence-corrected chi connectivity index (χ0v) is 8.43. The summed E-state index contributed by atoms with van der Waals surface area (Å²) in [5, 5.41) is 8.32. The zero-order valence-electron chi connectivity index (χ0n) is 8.43. The Kier molecular flexibility index (Phi) is 4.00. The van der Waals surface area contributed by atoms with Gasteiger partial charge in [0.15, 0.2) is 11.6 Å². The van der Waals surface area contributed by atoms with Gasteiger partial charge in [-0.05, 0) is 0 Å². The van der Waals surface area contributed by atoms with Crippen molar-refractivity contribution in [2.75, 3.05) is 0 Å². The van der Waals surface area contributed by atoms with Crippen molar-refractivity contribution >= 4 is 0 Å². The van der Waals surface area contributed by atoms with E-state index < -0.39 is 42.0 Å². The number of nitrogens with zero attached hydrogens (tertiary/aromatic N) is 2. The van der Waals surface area contributed by atoms with E-state index in [1.165, 1.54) is 6.07 Å². The molecule has 1 rings (SSSR count). The average molecular weight is 270 g/mol. The van der Waals surface area contributed by atoms with Crippen LogP contribution >= 0.6 is 0 Å². The summed E-state index contributed by atoms with van der Waals surface area (Å²) < 4.78 is 77.1. The summed E-state index contributed by atoms with van der Waals surface area (Å²) in [6, 6.07) is 1.36. The van der Waals surface area contributed by atoms with Crippen LogP contribution in [0.25, 0.3) is 0 Å². The summed E-state index contributed by atoms with van der Waals surface area (Å²) in [4.78, 5) is 2.98. The minimum atomic E-state index is -5.18. The fourth-order valence-corrected chi connectivity index (χ4v) is 1.16. The highest BCUT2D eigenvalue weighted by Crippen LogP contribution is 2.31. The van der Waals surface area contributed by atoms with E-state index >= 15 is 0 Å². The Morgan fingerprint density at radius 1 is 1.39 bits per heavy atom. The van der Waals surface area contributed by atoms with E-state index in [4.69, 9.17) is 5.26 Å². The summed E-state index contributed by atoms with van der Waals surface area (Å²) in [5.74, 6) is -3.02. The molecule has 0 aliphatic heterocycles. The van der Waals surface area contributed by atoms with Crippen molar-refractivity contribution in [2.45, 2.75) is 19.2 Å². The molecule has 0 saturated carbocycles. The zero-order chi connectivity index (χ0) is 13.9. The van der Waals surface area contributed by atoms with Gasteiger partial charge in [0, 0.05) is 5.56 Å². The summed E-state index contributed by atoms with van der Waals surface area (Å²) >= 11 is 0. The molecule has 1 aromatic heterocycles. The standard InChI is InChI=1S/C9H4F6N2O/c10-6-4(1-2-16)7(8(11)12)17-3-5(6)18-9(13,14)15/h3,8H,1H2. The molecule has 1 heterocycles. The molecule has 9 heteroatoms. The van der Waals surface area contributed by atoms with E-state index in [0.717, 1.165) is 0 Å². The Morgan fingerprint density at radius 2 is 2.00 bits per heavy atom. The molecule has 0 fully saturated rings. The van der Waals surface area contributed by atoms with Crippen LogP contribution in [-0.2, 0) is 6.42 Å². The number of pyridine rings is 1. The van der Waals surface area contributed by atoms with Gasteiger partial charge in [-0.25, -0.2) is 13.2 Å². The molecule has 0 atom stereocenters. The van der Waals surface area contributed by atoms with Crippen molar-refractivity contribution in [3.05, 3.63) is 23.3 Å². The maximum atomic E-state index is 13.5. The second-order valence-corrected chi connectivity index (χ2v) is 2.98. The summed E-state index contributed by atoms with van der Waals surface area (Å²) in [7, 11) is 0. The predicted molar refractivity (Wildman–Crippen MR) is 45.2 cm³/mol. The summed E-state index contributed by atoms with van der Waals surface area (Å²) in [6.07, 6.45) is -9.03. The monoisotopic (exact) mass is 270 g/mol. The molecule has 98 valence electrons. The third-order valence-electron chi connectivity index (χ3n) is 1.80. The number of nitriles is 1. The van der Waals surface area contributed by atoms with Crippen molar-refractivity contribution in [3.63, 3.8) is 0 Å². The first-order chi connectivity index (χ1) is 8.26. The number of aromatic nitrogens is 1. The average Bonchev–Trinajstić information content (AvgIpc) is 2.22. The SMILES string of the molecule is N#CCc1c(C(F)F)ncc(OC(F)(F)F)c1F. The highest BCUT2D eigenvalue weighted by Gasteiger charge is 2.34. The smallest absolute Gasteiger partial charge is 0.401 e. The lowest BCUT2D eigenvalue weighted by atomic mass is 10.1. The molecule has 3 nitrogen and oxygen atoms in total. The van der Waals surface area contributed by atoms with E-state index in [1.54, 1.807) is 0 Å². The van der Waals surface area contributed by atoms with Crippen molar-refractivity contribution in [1.29, 1.82) is 5.26 Å². The number of alkyl halides is 5. The van der Waals surface area contributed by atoms with Gasteiger partial charge < -0.3 is 4.74 Å². The molecule has 0 aliphatic rings. The molecule has 0 saturated heterocycles. The van der Waals surface area contributed by atoms with Crippen molar-refractivity contribution in [1.82, 2.24) is 4.98 Å². The fraction of sp³-hybridized carbons (Fsp3) is 0.333. The van der Waals surface area contributed by atoms with Gasteiger partial charge >= 0.3 is 6.36 Å². The van der Waals surface area contributed by atoms with Crippen LogP contribution in [0.2, 0.25) is 0 Å². The number of rotatable bonds is 3. The van der Waals surface area contributed by atoms with Gasteiger partial charge in [-0.3, -0.25) is 4.98 Å². The molecule has 0 amide bonds. The van der Waals surface area contributed by atoms with E-state index in [2.05, 4.69) is 9.72 Å². The Labute approximate surface area is 96.6 Å². The minimum absolute atomic E-state index is 0.200. The maximum absolute atomic E-state index is 13.5. The van der Waals surface area contributed by atoms with Crippen LogP contribution in [0, 0.1) is 17.1 Å². The molecule has 0 N–H and O–H groups in total. The van der Waals surface area contributed by atoms with Crippen molar-refractivity contribution in [2.24, 2.45) is 0 Å². The van der Waals surface area contributed by atoms with Crippen LogP contribution in [-0.4, -0.2) is 11.3 Å². The highest BCUT2D eigenvalue weighted by atomic mass is 19.4. The minimum Gasteiger partial charge on any atom is -0.401 e. The third kappa shape index (κ3) is 3.26.